The van der Waals surface area contributed by atoms with Gasteiger partial charge in [-0.15, -0.1) is 11.8 Å². The van der Waals surface area contributed by atoms with E-state index in [2.05, 4.69) is 10.6 Å². The Hall–Kier alpha value is -2.52. The highest BCUT2D eigenvalue weighted by atomic mass is 32.2. The average molecular weight is 424 g/mol. The van der Waals surface area contributed by atoms with Gasteiger partial charge < -0.3 is 15.4 Å². The summed E-state index contributed by atoms with van der Waals surface area (Å²) in [5, 5.41) is 4.75. The molecular weight excluding hydrogens is 405 g/mol. The van der Waals surface area contributed by atoms with Crippen LogP contribution in [0.1, 0.15) is 28.8 Å². The third kappa shape index (κ3) is 5.30. The Morgan fingerprint density at radius 3 is 2.41 bits per heavy atom. The molecule has 3 rings (SSSR count). The number of amides is 2. The molecule has 0 aromatic heterocycles. The summed E-state index contributed by atoms with van der Waals surface area (Å²) in [5.74, 6) is -1.14. The maximum Gasteiger partial charge on any atom is 0.418 e. The Bertz CT molecular complexity index is 895. The minimum Gasteiger partial charge on any atom is -0.368 e. The number of carbonyl (C=O) groups excluding carboxylic acids is 2. The topological polar surface area (TPSA) is 67.4 Å². The van der Waals surface area contributed by atoms with E-state index in [9.17, 15) is 22.8 Å². The molecule has 0 saturated carbocycles. The van der Waals surface area contributed by atoms with Gasteiger partial charge in [-0.3, -0.25) is 9.59 Å². The van der Waals surface area contributed by atoms with Gasteiger partial charge in [-0.2, -0.15) is 13.2 Å². The van der Waals surface area contributed by atoms with Crippen LogP contribution in [0.3, 0.4) is 0 Å². The molecule has 1 unspecified atom stereocenters. The summed E-state index contributed by atoms with van der Waals surface area (Å²) in [7, 11) is 0. The fourth-order valence-corrected chi connectivity index (χ4v) is 3.32. The smallest absolute Gasteiger partial charge is 0.368 e. The first kappa shape index (κ1) is 21.2. The van der Waals surface area contributed by atoms with Crippen molar-refractivity contribution in [2.45, 2.75) is 30.0 Å². The van der Waals surface area contributed by atoms with Crippen LogP contribution >= 0.6 is 11.8 Å². The molecule has 1 atom stereocenters. The van der Waals surface area contributed by atoms with Crippen LogP contribution in [0.2, 0.25) is 0 Å². The van der Waals surface area contributed by atoms with E-state index in [-0.39, 0.29) is 16.9 Å². The minimum absolute atomic E-state index is 0.0138. The zero-order valence-corrected chi connectivity index (χ0v) is 16.3. The second-order valence-corrected chi connectivity index (χ2v) is 7.31. The van der Waals surface area contributed by atoms with Gasteiger partial charge in [-0.1, -0.05) is 0 Å². The van der Waals surface area contributed by atoms with Crippen LogP contribution in [0.15, 0.2) is 47.4 Å². The third-order valence-corrected chi connectivity index (χ3v) is 5.16. The number of ether oxygens (including phenoxy) is 1. The van der Waals surface area contributed by atoms with Crippen molar-refractivity contribution in [3.8, 4) is 0 Å². The number of thioether (sulfide) groups is 1. The van der Waals surface area contributed by atoms with E-state index >= 15 is 0 Å². The lowest BCUT2D eigenvalue weighted by molar-refractivity contribution is -0.137. The maximum absolute atomic E-state index is 13.5. The van der Waals surface area contributed by atoms with Crippen molar-refractivity contribution in [3.05, 3.63) is 53.6 Å². The summed E-state index contributed by atoms with van der Waals surface area (Å²) in [4.78, 5) is 25.4. The molecule has 9 heteroatoms. The second kappa shape index (κ2) is 8.87. The van der Waals surface area contributed by atoms with E-state index < -0.39 is 29.7 Å². The van der Waals surface area contributed by atoms with Crippen LogP contribution in [0, 0.1) is 0 Å². The van der Waals surface area contributed by atoms with E-state index in [1.807, 2.05) is 6.26 Å². The Kier molecular flexibility index (Phi) is 6.49. The molecule has 2 N–H and O–H groups in total. The normalized spacial score (nSPS) is 16.5. The van der Waals surface area contributed by atoms with E-state index in [0.717, 1.165) is 23.4 Å². The molecule has 1 aliphatic heterocycles. The van der Waals surface area contributed by atoms with Gasteiger partial charge in [0.15, 0.2) is 0 Å². The zero-order valence-electron chi connectivity index (χ0n) is 15.5. The standard InChI is InChI=1S/C20H19F3N2O3S/c1-29-14-7-4-12(5-8-14)18(26)25-16-9-6-13(11-15(16)20(21,22)23)24-19(27)17-3-2-10-28-17/h4-9,11,17H,2-3,10H2,1H3,(H,24,27)(H,25,26). The molecule has 0 spiro atoms. The lowest BCUT2D eigenvalue weighted by Crippen LogP contribution is -2.27. The molecule has 1 heterocycles. The first-order chi connectivity index (χ1) is 13.8. The summed E-state index contributed by atoms with van der Waals surface area (Å²) >= 11 is 1.49. The lowest BCUT2D eigenvalue weighted by atomic mass is 10.1. The van der Waals surface area contributed by atoms with Gasteiger partial charge in [-0.25, -0.2) is 0 Å². The summed E-state index contributed by atoms with van der Waals surface area (Å²) in [6, 6.07) is 9.77. The van der Waals surface area contributed by atoms with Gasteiger partial charge in [0.25, 0.3) is 11.8 Å². The Morgan fingerprint density at radius 2 is 1.83 bits per heavy atom. The molecule has 0 radical (unpaired) electrons. The molecule has 1 saturated heterocycles. The highest BCUT2D eigenvalue weighted by Crippen LogP contribution is 2.37. The number of hydrogen-bond donors (Lipinski definition) is 2. The third-order valence-electron chi connectivity index (χ3n) is 4.42. The van der Waals surface area contributed by atoms with E-state index in [4.69, 9.17) is 4.74 Å². The molecule has 2 amide bonds. The van der Waals surface area contributed by atoms with Crippen LogP contribution in [0.25, 0.3) is 0 Å². The Labute approximate surface area is 170 Å². The zero-order chi connectivity index (χ0) is 21.0. The van der Waals surface area contributed by atoms with Crippen molar-refractivity contribution < 1.29 is 27.5 Å². The SMILES string of the molecule is CSc1ccc(C(=O)Nc2ccc(NC(=O)C3CCCO3)cc2C(F)(F)F)cc1. The van der Waals surface area contributed by atoms with Crippen molar-refractivity contribution in [3.63, 3.8) is 0 Å². The van der Waals surface area contributed by atoms with E-state index in [1.54, 1.807) is 24.3 Å². The van der Waals surface area contributed by atoms with Crippen LogP contribution in [0.4, 0.5) is 24.5 Å². The second-order valence-electron chi connectivity index (χ2n) is 6.43. The highest BCUT2D eigenvalue weighted by Gasteiger charge is 2.35. The van der Waals surface area contributed by atoms with Crippen LogP contribution in [-0.2, 0) is 15.7 Å². The predicted molar refractivity (Wildman–Crippen MR) is 105 cm³/mol. The Balaban J connectivity index is 1.80. The van der Waals surface area contributed by atoms with E-state index in [1.165, 1.54) is 17.8 Å². The fourth-order valence-electron chi connectivity index (χ4n) is 2.91. The van der Waals surface area contributed by atoms with Gasteiger partial charge in [0.05, 0.1) is 11.3 Å². The molecule has 29 heavy (non-hydrogen) atoms. The number of hydrogen-bond acceptors (Lipinski definition) is 4. The fraction of sp³-hybridized carbons (Fsp3) is 0.300. The van der Waals surface area contributed by atoms with Gasteiger partial charge in [0.1, 0.15) is 6.10 Å². The molecular formula is C20H19F3N2O3S. The maximum atomic E-state index is 13.5. The molecule has 2 aromatic carbocycles. The molecule has 1 fully saturated rings. The predicted octanol–water partition coefficient (Wildman–Crippen LogP) is 4.80. The highest BCUT2D eigenvalue weighted by molar-refractivity contribution is 7.98. The molecule has 0 aliphatic carbocycles. The lowest BCUT2D eigenvalue weighted by Gasteiger charge is -2.17. The number of rotatable bonds is 5. The summed E-state index contributed by atoms with van der Waals surface area (Å²) in [6.07, 6.45) is -2.23. The summed E-state index contributed by atoms with van der Waals surface area (Å²) in [5.41, 5.74) is -1.20. The number of halogens is 3. The summed E-state index contributed by atoms with van der Waals surface area (Å²) < 4.78 is 45.8. The number of nitrogens with one attached hydrogen (secondary N) is 2. The van der Waals surface area contributed by atoms with Crippen molar-refractivity contribution in [2.75, 3.05) is 23.5 Å². The monoisotopic (exact) mass is 424 g/mol. The van der Waals surface area contributed by atoms with Crippen molar-refractivity contribution >= 4 is 35.0 Å². The number of anilines is 2. The Morgan fingerprint density at radius 1 is 1.10 bits per heavy atom. The minimum atomic E-state index is -4.71. The van der Waals surface area contributed by atoms with Gasteiger partial charge in [0.2, 0.25) is 0 Å². The average Bonchev–Trinajstić information content (AvgIpc) is 3.23. The van der Waals surface area contributed by atoms with Gasteiger partial charge >= 0.3 is 6.18 Å². The van der Waals surface area contributed by atoms with Crippen molar-refractivity contribution in [2.24, 2.45) is 0 Å². The molecule has 5 nitrogen and oxygen atoms in total. The van der Waals surface area contributed by atoms with Crippen molar-refractivity contribution in [1.82, 2.24) is 0 Å². The number of alkyl halides is 3. The summed E-state index contributed by atoms with van der Waals surface area (Å²) in [6.45, 7) is 0.453. The van der Waals surface area contributed by atoms with Crippen LogP contribution < -0.4 is 10.6 Å². The van der Waals surface area contributed by atoms with Crippen LogP contribution in [0.5, 0.6) is 0 Å². The number of benzene rings is 2. The van der Waals surface area contributed by atoms with Crippen LogP contribution in [-0.4, -0.2) is 30.8 Å². The molecule has 1 aliphatic rings. The first-order valence-electron chi connectivity index (χ1n) is 8.87. The van der Waals surface area contributed by atoms with Gasteiger partial charge in [-0.05, 0) is 61.6 Å². The first-order valence-corrected chi connectivity index (χ1v) is 10.1. The van der Waals surface area contributed by atoms with Crippen molar-refractivity contribution in [1.29, 1.82) is 0 Å². The molecule has 2 aromatic rings. The molecule has 154 valence electrons. The number of carbonyl (C=O) groups is 2. The quantitative estimate of drug-likeness (QED) is 0.677. The van der Waals surface area contributed by atoms with E-state index in [0.29, 0.717) is 13.0 Å². The van der Waals surface area contributed by atoms with Gasteiger partial charge in [0, 0.05) is 22.8 Å². The molecule has 0 bridgehead atoms. The largest absolute Gasteiger partial charge is 0.418 e.